The van der Waals surface area contributed by atoms with Crippen LogP contribution in [0.15, 0.2) is 22.7 Å². The van der Waals surface area contributed by atoms with E-state index < -0.39 is 0 Å². The topological polar surface area (TPSA) is 55.6 Å². The first kappa shape index (κ1) is 15.3. The Morgan fingerprint density at radius 1 is 1.35 bits per heavy atom. The normalized spacial score (nSPS) is 22.4. The predicted octanol–water partition coefficient (Wildman–Crippen LogP) is 2.80. The van der Waals surface area contributed by atoms with Gasteiger partial charge in [0.15, 0.2) is 0 Å². The van der Waals surface area contributed by atoms with E-state index in [0.29, 0.717) is 17.4 Å². The summed E-state index contributed by atoms with van der Waals surface area (Å²) in [5, 5.41) is 0. The van der Waals surface area contributed by atoms with Crippen LogP contribution in [0, 0.1) is 0 Å². The van der Waals surface area contributed by atoms with Crippen molar-refractivity contribution in [2.45, 2.75) is 37.8 Å². The molecular weight excluding hydrogens is 320 g/mol. The van der Waals surface area contributed by atoms with Crippen molar-refractivity contribution in [3.05, 3.63) is 28.2 Å². The number of benzene rings is 1. The van der Waals surface area contributed by atoms with Crippen LogP contribution in [0.1, 0.15) is 36.0 Å². The smallest absolute Gasteiger partial charge is 0.255 e. The lowest BCUT2D eigenvalue weighted by Crippen LogP contribution is -2.41. The second kappa shape index (κ2) is 6.59. The van der Waals surface area contributed by atoms with E-state index in [1.807, 2.05) is 24.1 Å². The number of halogens is 1. The van der Waals surface area contributed by atoms with Crippen molar-refractivity contribution in [1.82, 2.24) is 4.90 Å². The highest BCUT2D eigenvalue weighted by Gasteiger charge is 2.26. The SMILES string of the molecule is COc1ccc(Br)c(C(=O)N(C)C2CCC(N)CC2)c1. The maximum Gasteiger partial charge on any atom is 0.255 e. The third-order valence-electron chi connectivity index (χ3n) is 4.01. The van der Waals surface area contributed by atoms with Gasteiger partial charge in [-0.1, -0.05) is 0 Å². The Kier molecular flexibility index (Phi) is 5.05. The first-order valence-corrected chi connectivity index (χ1v) is 7.68. The van der Waals surface area contributed by atoms with Crippen LogP contribution in [0.25, 0.3) is 0 Å². The molecule has 2 rings (SSSR count). The molecule has 1 saturated carbocycles. The molecule has 110 valence electrons. The summed E-state index contributed by atoms with van der Waals surface area (Å²) in [6.07, 6.45) is 3.93. The van der Waals surface area contributed by atoms with Crippen molar-refractivity contribution in [2.75, 3.05) is 14.2 Å². The van der Waals surface area contributed by atoms with Crippen LogP contribution >= 0.6 is 15.9 Å². The summed E-state index contributed by atoms with van der Waals surface area (Å²) in [5.74, 6) is 0.715. The minimum atomic E-state index is 0.0243. The monoisotopic (exact) mass is 340 g/mol. The summed E-state index contributed by atoms with van der Waals surface area (Å²) in [7, 11) is 3.47. The molecule has 0 unspecified atom stereocenters. The lowest BCUT2D eigenvalue weighted by Gasteiger charge is -2.33. The van der Waals surface area contributed by atoms with Gasteiger partial charge in [-0.3, -0.25) is 4.79 Å². The first-order valence-electron chi connectivity index (χ1n) is 6.89. The quantitative estimate of drug-likeness (QED) is 0.920. The van der Waals surface area contributed by atoms with Crippen molar-refractivity contribution < 1.29 is 9.53 Å². The molecule has 0 radical (unpaired) electrons. The molecule has 1 fully saturated rings. The molecule has 0 atom stereocenters. The largest absolute Gasteiger partial charge is 0.497 e. The predicted molar refractivity (Wildman–Crippen MR) is 83.0 cm³/mol. The minimum Gasteiger partial charge on any atom is -0.497 e. The molecular formula is C15H21BrN2O2. The number of nitrogens with zero attached hydrogens (tertiary/aromatic N) is 1. The van der Waals surface area contributed by atoms with E-state index in [4.69, 9.17) is 10.5 Å². The molecule has 0 heterocycles. The summed E-state index contributed by atoms with van der Waals surface area (Å²) < 4.78 is 5.99. The number of rotatable bonds is 3. The highest BCUT2D eigenvalue weighted by molar-refractivity contribution is 9.10. The number of nitrogens with two attached hydrogens (primary N) is 1. The zero-order chi connectivity index (χ0) is 14.7. The van der Waals surface area contributed by atoms with Gasteiger partial charge in [-0.05, 0) is 59.8 Å². The van der Waals surface area contributed by atoms with Crippen molar-refractivity contribution in [1.29, 1.82) is 0 Å². The summed E-state index contributed by atoms with van der Waals surface area (Å²) >= 11 is 3.44. The third-order valence-corrected chi connectivity index (χ3v) is 4.70. The Bertz CT molecular complexity index is 485. The molecule has 1 aromatic rings. The van der Waals surface area contributed by atoms with Crippen LogP contribution in [0.4, 0.5) is 0 Å². The van der Waals surface area contributed by atoms with Crippen molar-refractivity contribution >= 4 is 21.8 Å². The van der Waals surface area contributed by atoms with E-state index in [-0.39, 0.29) is 11.9 Å². The number of amides is 1. The number of carbonyl (C=O) groups excluding carboxylic acids is 1. The van der Waals surface area contributed by atoms with Crippen LogP contribution in [-0.2, 0) is 0 Å². The summed E-state index contributed by atoms with van der Waals surface area (Å²) in [6, 6.07) is 6.02. The maximum absolute atomic E-state index is 12.6. The van der Waals surface area contributed by atoms with Gasteiger partial charge in [-0.15, -0.1) is 0 Å². The third kappa shape index (κ3) is 3.33. The van der Waals surface area contributed by atoms with Gasteiger partial charge in [0, 0.05) is 23.6 Å². The Morgan fingerprint density at radius 3 is 2.60 bits per heavy atom. The van der Waals surface area contributed by atoms with Gasteiger partial charge in [0.1, 0.15) is 5.75 Å². The number of hydrogen-bond donors (Lipinski definition) is 1. The van der Waals surface area contributed by atoms with Crippen LogP contribution in [-0.4, -0.2) is 37.0 Å². The van der Waals surface area contributed by atoms with Crippen molar-refractivity contribution in [3.8, 4) is 5.75 Å². The van der Waals surface area contributed by atoms with E-state index in [0.717, 1.165) is 30.2 Å². The van der Waals surface area contributed by atoms with Gasteiger partial charge in [0.25, 0.3) is 5.91 Å². The average molecular weight is 341 g/mol. The molecule has 20 heavy (non-hydrogen) atoms. The van der Waals surface area contributed by atoms with Gasteiger partial charge in [0.2, 0.25) is 0 Å². The van der Waals surface area contributed by atoms with Gasteiger partial charge in [-0.2, -0.15) is 0 Å². The summed E-state index contributed by atoms with van der Waals surface area (Å²) in [4.78, 5) is 14.5. The molecule has 1 aliphatic rings. The maximum atomic E-state index is 12.6. The van der Waals surface area contributed by atoms with E-state index in [1.165, 1.54) is 0 Å². The highest BCUT2D eigenvalue weighted by Crippen LogP contribution is 2.27. The molecule has 0 aliphatic heterocycles. The standard InChI is InChI=1S/C15H21BrN2O2/c1-18(11-5-3-10(17)4-6-11)15(19)13-9-12(20-2)7-8-14(13)16/h7-11H,3-6,17H2,1-2H3. The first-order chi connectivity index (χ1) is 9.52. The highest BCUT2D eigenvalue weighted by atomic mass is 79.9. The molecule has 4 nitrogen and oxygen atoms in total. The average Bonchev–Trinajstić information content (AvgIpc) is 2.47. The van der Waals surface area contributed by atoms with Gasteiger partial charge in [0.05, 0.1) is 12.7 Å². The Hall–Kier alpha value is -1.07. The molecule has 1 aliphatic carbocycles. The minimum absolute atomic E-state index is 0.0243. The second-order valence-corrected chi connectivity index (χ2v) is 6.18. The fourth-order valence-corrected chi connectivity index (χ4v) is 3.06. The molecule has 1 aromatic carbocycles. The molecule has 0 aromatic heterocycles. The molecule has 1 amide bonds. The van der Waals surface area contributed by atoms with Crippen LogP contribution in [0.3, 0.4) is 0 Å². The van der Waals surface area contributed by atoms with Crippen LogP contribution < -0.4 is 10.5 Å². The van der Waals surface area contributed by atoms with Crippen molar-refractivity contribution in [2.24, 2.45) is 5.73 Å². The Labute approximate surface area is 128 Å². The van der Waals surface area contributed by atoms with Gasteiger partial charge < -0.3 is 15.4 Å². The fourth-order valence-electron chi connectivity index (χ4n) is 2.64. The zero-order valence-electron chi connectivity index (χ0n) is 11.9. The molecule has 0 spiro atoms. The van der Waals surface area contributed by atoms with Crippen LogP contribution in [0.2, 0.25) is 0 Å². The van der Waals surface area contributed by atoms with E-state index >= 15 is 0 Å². The Balaban J connectivity index is 2.14. The summed E-state index contributed by atoms with van der Waals surface area (Å²) in [5.41, 5.74) is 6.56. The number of ether oxygens (including phenoxy) is 1. The van der Waals surface area contributed by atoms with Crippen molar-refractivity contribution in [3.63, 3.8) is 0 Å². The molecule has 0 bridgehead atoms. The van der Waals surface area contributed by atoms with Gasteiger partial charge in [-0.25, -0.2) is 0 Å². The lowest BCUT2D eigenvalue weighted by molar-refractivity contribution is 0.0688. The zero-order valence-corrected chi connectivity index (χ0v) is 13.5. The number of hydrogen-bond acceptors (Lipinski definition) is 3. The Morgan fingerprint density at radius 2 is 2.00 bits per heavy atom. The summed E-state index contributed by atoms with van der Waals surface area (Å²) in [6.45, 7) is 0. The molecule has 5 heteroatoms. The van der Waals surface area contributed by atoms with Gasteiger partial charge >= 0.3 is 0 Å². The van der Waals surface area contributed by atoms with Crippen LogP contribution in [0.5, 0.6) is 5.75 Å². The molecule has 2 N–H and O–H groups in total. The number of carbonyl (C=O) groups is 1. The lowest BCUT2D eigenvalue weighted by atomic mass is 9.90. The van der Waals surface area contributed by atoms with E-state index in [2.05, 4.69) is 15.9 Å². The fraction of sp³-hybridized carbons (Fsp3) is 0.533. The number of methoxy groups -OCH3 is 1. The second-order valence-electron chi connectivity index (χ2n) is 5.33. The van der Waals surface area contributed by atoms with E-state index in [1.54, 1.807) is 13.2 Å². The molecule has 0 saturated heterocycles. The van der Waals surface area contributed by atoms with E-state index in [9.17, 15) is 4.79 Å².